The Hall–Kier alpha value is -2.95. The molecule has 122 valence electrons. The van der Waals surface area contributed by atoms with Gasteiger partial charge in [0.2, 0.25) is 6.79 Å². The van der Waals surface area contributed by atoms with Crippen molar-refractivity contribution in [1.82, 2.24) is 4.98 Å². The highest BCUT2D eigenvalue weighted by Gasteiger charge is 2.18. The van der Waals surface area contributed by atoms with Crippen molar-refractivity contribution in [2.24, 2.45) is 0 Å². The van der Waals surface area contributed by atoms with Crippen molar-refractivity contribution in [1.29, 1.82) is 0 Å². The molecule has 0 spiro atoms. The number of aromatic nitrogens is 1. The van der Waals surface area contributed by atoms with Crippen molar-refractivity contribution in [2.45, 2.75) is 19.8 Å². The zero-order valence-corrected chi connectivity index (χ0v) is 13.3. The van der Waals surface area contributed by atoms with Crippen LogP contribution in [0.2, 0.25) is 0 Å². The lowest BCUT2D eigenvalue weighted by molar-refractivity contribution is -0.136. The maximum Gasteiger partial charge on any atom is 0.303 e. The third-order valence-corrected chi connectivity index (χ3v) is 4.31. The average Bonchev–Trinajstić information content (AvgIpc) is 3.15. The van der Waals surface area contributed by atoms with Crippen molar-refractivity contribution < 1.29 is 19.4 Å². The Labute approximate surface area is 138 Å². The van der Waals surface area contributed by atoms with Gasteiger partial charge in [-0.05, 0) is 49.2 Å². The highest BCUT2D eigenvalue weighted by Crippen LogP contribution is 2.38. The lowest BCUT2D eigenvalue weighted by atomic mass is 10.00. The largest absolute Gasteiger partial charge is 0.481 e. The van der Waals surface area contributed by atoms with Crippen LogP contribution in [0.25, 0.3) is 22.2 Å². The van der Waals surface area contributed by atoms with Crippen molar-refractivity contribution >= 4 is 16.9 Å². The summed E-state index contributed by atoms with van der Waals surface area (Å²) in [6.07, 6.45) is 0.570. The minimum absolute atomic E-state index is 0.0957. The van der Waals surface area contributed by atoms with E-state index in [9.17, 15) is 4.79 Å². The number of aryl methyl sites for hydroxylation is 2. The molecular formula is C19H17NO4. The number of rotatable bonds is 4. The molecule has 0 saturated heterocycles. The second-order valence-electron chi connectivity index (χ2n) is 5.99. The molecule has 0 unspecified atom stereocenters. The molecule has 5 nitrogen and oxygen atoms in total. The fourth-order valence-corrected chi connectivity index (χ4v) is 3.15. The van der Waals surface area contributed by atoms with Crippen LogP contribution in [0.4, 0.5) is 0 Å². The third-order valence-electron chi connectivity index (χ3n) is 4.31. The van der Waals surface area contributed by atoms with Gasteiger partial charge in [-0.1, -0.05) is 11.6 Å². The van der Waals surface area contributed by atoms with Crippen LogP contribution < -0.4 is 9.47 Å². The number of hydrogen-bond donors (Lipinski definition) is 2. The van der Waals surface area contributed by atoms with E-state index in [1.807, 2.05) is 37.3 Å². The Bertz CT molecular complexity index is 942. The van der Waals surface area contributed by atoms with Crippen LogP contribution in [-0.2, 0) is 11.2 Å². The van der Waals surface area contributed by atoms with Crippen LogP contribution in [0.5, 0.6) is 11.5 Å². The highest BCUT2D eigenvalue weighted by molar-refractivity contribution is 5.92. The van der Waals surface area contributed by atoms with E-state index in [2.05, 4.69) is 11.1 Å². The van der Waals surface area contributed by atoms with Crippen LogP contribution >= 0.6 is 0 Å². The maximum absolute atomic E-state index is 11.1. The van der Waals surface area contributed by atoms with Gasteiger partial charge < -0.3 is 19.6 Å². The van der Waals surface area contributed by atoms with Gasteiger partial charge in [-0.25, -0.2) is 0 Å². The molecule has 0 saturated carbocycles. The first-order chi connectivity index (χ1) is 11.6. The molecule has 2 N–H and O–H groups in total. The van der Waals surface area contributed by atoms with Gasteiger partial charge in [-0.2, -0.15) is 0 Å². The summed E-state index contributed by atoms with van der Waals surface area (Å²) in [7, 11) is 0. The molecule has 0 radical (unpaired) electrons. The Morgan fingerprint density at radius 3 is 2.83 bits per heavy atom. The van der Waals surface area contributed by atoms with Gasteiger partial charge in [-0.3, -0.25) is 4.79 Å². The number of H-pyrrole nitrogens is 1. The number of ether oxygens (including phenoxy) is 2. The predicted octanol–water partition coefficient (Wildman–Crippen LogP) is 3.89. The Morgan fingerprint density at radius 1 is 1.17 bits per heavy atom. The minimum Gasteiger partial charge on any atom is -0.481 e. The first kappa shape index (κ1) is 14.6. The Balaban J connectivity index is 1.87. The zero-order valence-electron chi connectivity index (χ0n) is 13.3. The molecule has 0 bridgehead atoms. The van der Waals surface area contributed by atoms with E-state index in [0.717, 1.165) is 39.0 Å². The molecule has 2 heterocycles. The lowest BCUT2D eigenvalue weighted by Crippen LogP contribution is -1.98. The number of fused-ring (bicyclic) bond motifs is 2. The van der Waals surface area contributed by atoms with E-state index in [-0.39, 0.29) is 13.2 Å². The van der Waals surface area contributed by atoms with E-state index in [1.54, 1.807) is 0 Å². The molecule has 1 aliphatic rings. The fourth-order valence-electron chi connectivity index (χ4n) is 3.15. The normalized spacial score (nSPS) is 12.7. The van der Waals surface area contributed by atoms with Gasteiger partial charge in [0.05, 0.1) is 0 Å². The monoisotopic (exact) mass is 323 g/mol. The second-order valence-corrected chi connectivity index (χ2v) is 5.99. The van der Waals surface area contributed by atoms with Crippen molar-refractivity contribution in [2.75, 3.05) is 6.79 Å². The first-order valence-corrected chi connectivity index (χ1v) is 7.85. The van der Waals surface area contributed by atoms with Crippen LogP contribution in [0.3, 0.4) is 0 Å². The quantitative estimate of drug-likeness (QED) is 0.764. The van der Waals surface area contributed by atoms with Gasteiger partial charge in [0.1, 0.15) is 0 Å². The lowest BCUT2D eigenvalue weighted by Gasteiger charge is -2.06. The average molecular weight is 323 g/mol. The van der Waals surface area contributed by atoms with E-state index in [0.29, 0.717) is 12.2 Å². The van der Waals surface area contributed by atoms with Crippen LogP contribution in [-0.4, -0.2) is 22.9 Å². The standard InChI is InChI=1S/C19H17NO4/c1-11-2-5-15-14(8-11)13(4-7-18(21)22)19(20-15)12-3-6-16-17(9-12)24-10-23-16/h2-3,5-6,8-9,20H,4,7,10H2,1H3,(H,21,22). The summed E-state index contributed by atoms with van der Waals surface area (Å²) in [5.41, 5.74) is 5.09. The topological polar surface area (TPSA) is 71.5 Å². The van der Waals surface area contributed by atoms with Gasteiger partial charge in [0.15, 0.2) is 11.5 Å². The molecule has 0 fully saturated rings. The number of hydrogen-bond acceptors (Lipinski definition) is 3. The molecule has 1 aromatic heterocycles. The molecule has 1 aliphatic heterocycles. The van der Waals surface area contributed by atoms with Crippen molar-refractivity contribution in [3.63, 3.8) is 0 Å². The van der Waals surface area contributed by atoms with E-state index in [4.69, 9.17) is 14.6 Å². The first-order valence-electron chi connectivity index (χ1n) is 7.85. The summed E-state index contributed by atoms with van der Waals surface area (Å²) in [4.78, 5) is 14.5. The third kappa shape index (κ3) is 2.48. The van der Waals surface area contributed by atoms with Gasteiger partial charge in [0.25, 0.3) is 0 Å². The number of carbonyl (C=O) groups is 1. The second kappa shape index (κ2) is 5.60. The van der Waals surface area contributed by atoms with Gasteiger partial charge in [-0.15, -0.1) is 0 Å². The molecule has 3 aromatic rings. The smallest absolute Gasteiger partial charge is 0.303 e. The zero-order chi connectivity index (χ0) is 16.7. The molecule has 2 aromatic carbocycles. The van der Waals surface area contributed by atoms with E-state index < -0.39 is 5.97 Å². The summed E-state index contributed by atoms with van der Waals surface area (Å²) >= 11 is 0. The number of carboxylic acid groups (broad SMARTS) is 1. The summed E-state index contributed by atoms with van der Waals surface area (Å²) in [6.45, 7) is 2.27. The summed E-state index contributed by atoms with van der Waals surface area (Å²) in [6, 6.07) is 12.0. The van der Waals surface area contributed by atoms with Crippen molar-refractivity contribution in [3.8, 4) is 22.8 Å². The molecule has 24 heavy (non-hydrogen) atoms. The summed E-state index contributed by atoms with van der Waals surface area (Å²) < 4.78 is 10.8. The highest BCUT2D eigenvalue weighted by atomic mass is 16.7. The number of aromatic amines is 1. The fraction of sp³-hybridized carbons (Fsp3) is 0.211. The van der Waals surface area contributed by atoms with E-state index in [1.165, 1.54) is 0 Å². The van der Waals surface area contributed by atoms with Crippen LogP contribution in [0.1, 0.15) is 17.5 Å². The summed E-state index contributed by atoms with van der Waals surface area (Å²) in [5.74, 6) is 0.651. The van der Waals surface area contributed by atoms with E-state index >= 15 is 0 Å². The van der Waals surface area contributed by atoms with Crippen molar-refractivity contribution in [3.05, 3.63) is 47.5 Å². The minimum atomic E-state index is -0.798. The van der Waals surface area contributed by atoms with Gasteiger partial charge >= 0.3 is 5.97 Å². The van der Waals surface area contributed by atoms with Crippen LogP contribution in [0.15, 0.2) is 36.4 Å². The van der Waals surface area contributed by atoms with Gasteiger partial charge in [0, 0.05) is 28.6 Å². The summed E-state index contributed by atoms with van der Waals surface area (Å²) in [5, 5.41) is 10.2. The number of benzene rings is 2. The molecule has 0 atom stereocenters. The molecule has 5 heteroatoms. The molecule has 0 amide bonds. The molecule has 0 aliphatic carbocycles. The number of carboxylic acids is 1. The van der Waals surface area contributed by atoms with Crippen LogP contribution in [0, 0.1) is 6.92 Å². The number of aliphatic carboxylic acids is 1. The maximum atomic E-state index is 11.1. The molecule has 4 rings (SSSR count). The number of nitrogens with one attached hydrogen (secondary N) is 1. The Kier molecular flexibility index (Phi) is 3.41. The SMILES string of the molecule is Cc1ccc2[nH]c(-c3ccc4c(c3)OCO4)c(CCC(=O)O)c2c1. The predicted molar refractivity (Wildman–Crippen MR) is 90.6 cm³/mol. The Morgan fingerprint density at radius 2 is 2.00 bits per heavy atom. The molecular weight excluding hydrogens is 306 g/mol.